The largest absolute Gasteiger partial charge is 0.493 e. The van der Waals surface area contributed by atoms with E-state index in [4.69, 9.17) is 4.74 Å². The Kier molecular flexibility index (Phi) is 3.30. The highest BCUT2D eigenvalue weighted by Crippen LogP contribution is 2.44. The van der Waals surface area contributed by atoms with Crippen LogP contribution in [0.25, 0.3) is 11.1 Å². The number of methoxy groups -OCH3 is 1. The zero-order valence-corrected chi connectivity index (χ0v) is 12.7. The highest BCUT2D eigenvalue weighted by molar-refractivity contribution is 5.89. The third-order valence-corrected chi connectivity index (χ3v) is 4.47. The van der Waals surface area contributed by atoms with Crippen LogP contribution in [0.5, 0.6) is 5.75 Å². The molecule has 23 heavy (non-hydrogen) atoms. The fourth-order valence-electron chi connectivity index (χ4n) is 3.49. The summed E-state index contributed by atoms with van der Waals surface area (Å²) in [5.41, 5.74) is 2.22. The minimum atomic E-state index is -0.419. The Morgan fingerprint density at radius 2 is 2.26 bits per heavy atom. The third-order valence-electron chi connectivity index (χ3n) is 4.47. The van der Waals surface area contributed by atoms with E-state index in [1.807, 2.05) is 0 Å². The Hall–Kier alpha value is -2.41. The Bertz CT molecular complexity index is 755. The molecule has 3 heterocycles. The van der Waals surface area contributed by atoms with Crippen molar-refractivity contribution in [3.63, 3.8) is 0 Å². The van der Waals surface area contributed by atoms with E-state index in [0.29, 0.717) is 30.9 Å². The van der Waals surface area contributed by atoms with Crippen LogP contribution in [0.3, 0.4) is 0 Å². The molecule has 2 unspecified atom stereocenters. The zero-order chi connectivity index (χ0) is 16.0. The number of hydrogen-bond donors (Lipinski definition) is 2. The molecule has 1 aromatic heterocycles. The molecule has 120 valence electrons. The van der Waals surface area contributed by atoms with E-state index in [1.165, 1.54) is 13.2 Å². The van der Waals surface area contributed by atoms with E-state index < -0.39 is 5.82 Å². The van der Waals surface area contributed by atoms with Crippen molar-refractivity contribution in [3.05, 3.63) is 30.2 Å². The molecule has 1 aromatic carbocycles. The first-order valence-corrected chi connectivity index (χ1v) is 7.56. The Morgan fingerprint density at radius 1 is 1.39 bits per heavy atom. The van der Waals surface area contributed by atoms with Crippen LogP contribution in [0, 0.1) is 5.82 Å². The summed E-state index contributed by atoms with van der Waals surface area (Å²) in [6.07, 6.45) is 1.95. The Labute approximate surface area is 132 Å². The van der Waals surface area contributed by atoms with Gasteiger partial charge in [-0.1, -0.05) is 12.1 Å². The van der Waals surface area contributed by atoms with E-state index >= 15 is 0 Å². The minimum absolute atomic E-state index is 0.185. The van der Waals surface area contributed by atoms with Crippen LogP contribution in [0.1, 0.15) is 6.42 Å². The molecule has 0 spiro atoms. The third kappa shape index (κ3) is 2.19. The number of aliphatic hydroxyl groups is 1. The lowest BCUT2D eigenvalue weighted by Crippen LogP contribution is -2.40. The van der Waals surface area contributed by atoms with Crippen molar-refractivity contribution in [2.75, 3.05) is 30.4 Å². The Morgan fingerprint density at radius 3 is 3.09 bits per heavy atom. The molecule has 4 rings (SSSR count). The topological polar surface area (TPSA) is 70.5 Å². The normalized spacial score (nSPS) is 22.3. The van der Waals surface area contributed by atoms with Crippen LogP contribution in [-0.4, -0.2) is 47.6 Å². The summed E-state index contributed by atoms with van der Waals surface area (Å²) in [4.78, 5) is 2.13. The molecule has 7 heteroatoms. The number of aromatic nitrogens is 2. The number of hydrogen-bond acceptors (Lipinski definition) is 6. The van der Waals surface area contributed by atoms with Crippen molar-refractivity contribution in [1.82, 2.24) is 10.2 Å². The van der Waals surface area contributed by atoms with Crippen LogP contribution in [0.2, 0.25) is 0 Å². The van der Waals surface area contributed by atoms with E-state index in [-0.39, 0.29) is 17.9 Å². The highest BCUT2D eigenvalue weighted by atomic mass is 19.1. The maximum atomic E-state index is 14.1. The summed E-state index contributed by atoms with van der Waals surface area (Å²) < 4.78 is 19.3. The van der Waals surface area contributed by atoms with Crippen LogP contribution >= 0.6 is 0 Å². The fourth-order valence-corrected chi connectivity index (χ4v) is 3.49. The lowest BCUT2D eigenvalue weighted by atomic mass is 10.0. The first-order valence-electron chi connectivity index (χ1n) is 7.56. The average molecular weight is 316 g/mol. The molecule has 2 aromatic rings. The number of anilines is 2. The quantitative estimate of drug-likeness (QED) is 0.878. The minimum Gasteiger partial charge on any atom is -0.493 e. The lowest BCUT2D eigenvalue weighted by molar-refractivity contribution is 0.195. The molecule has 0 aliphatic carbocycles. The van der Waals surface area contributed by atoms with Gasteiger partial charge in [0, 0.05) is 30.3 Å². The van der Waals surface area contributed by atoms with Gasteiger partial charge in [-0.15, -0.1) is 5.10 Å². The zero-order valence-electron chi connectivity index (χ0n) is 12.7. The van der Waals surface area contributed by atoms with E-state index in [1.54, 1.807) is 18.3 Å². The van der Waals surface area contributed by atoms with Gasteiger partial charge in [0.25, 0.3) is 0 Å². The molecular weight excluding hydrogens is 299 g/mol. The second kappa shape index (κ2) is 5.34. The van der Waals surface area contributed by atoms with Crippen molar-refractivity contribution < 1.29 is 14.2 Å². The van der Waals surface area contributed by atoms with Gasteiger partial charge < -0.3 is 20.1 Å². The number of ether oxygens (including phenoxy) is 1. The second-order valence-corrected chi connectivity index (χ2v) is 5.85. The number of nitrogens with one attached hydrogen (secondary N) is 1. The number of para-hydroxylation sites is 1. The van der Waals surface area contributed by atoms with Gasteiger partial charge in [-0.3, -0.25) is 0 Å². The second-order valence-electron chi connectivity index (χ2n) is 5.85. The van der Waals surface area contributed by atoms with Crippen molar-refractivity contribution >= 4 is 11.5 Å². The SMILES string of the molecule is COc1c(F)cccc1-c1cnnc2c1N1CC(O)CC1CN2. The number of halogens is 1. The number of rotatable bonds is 2. The fraction of sp³-hybridized carbons (Fsp3) is 0.375. The van der Waals surface area contributed by atoms with Gasteiger partial charge in [0.1, 0.15) is 0 Å². The summed E-state index contributed by atoms with van der Waals surface area (Å²) >= 11 is 0. The molecule has 2 aliphatic rings. The van der Waals surface area contributed by atoms with Crippen molar-refractivity contribution in [2.24, 2.45) is 0 Å². The molecule has 0 radical (unpaired) electrons. The molecule has 2 N–H and O–H groups in total. The van der Waals surface area contributed by atoms with Gasteiger partial charge in [-0.25, -0.2) is 4.39 Å². The van der Waals surface area contributed by atoms with Gasteiger partial charge in [-0.2, -0.15) is 5.10 Å². The predicted molar refractivity (Wildman–Crippen MR) is 84.2 cm³/mol. The van der Waals surface area contributed by atoms with E-state index in [9.17, 15) is 9.50 Å². The Balaban J connectivity index is 1.91. The molecule has 1 fully saturated rings. The average Bonchev–Trinajstić information content (AvgIpc) is 2.94. The van der Waals surface area contributed by atoms with Crippen molar-refractivity contribution in [1.29, 1.82) is 0 Å². The molecule has 2 aliphatic heterocycles. The van der Waals surface area contributed by atoms with Gasteiger partial charge >= 0.3 is 0 Å². The molecule has 1 saturated heterocycles. The summed E-state index contributed by atoms with van der Waals surface area (Å²) in [7, 11) is 1.45. The summed E-state index contributed by atoms with van der Waals surface area (Å²) in [6.45, 7) is 1.25. The molecular formula is C16H17FN4O2. The highest BCUT2D eigenvalue weighted by Gasteiger charge is 2.37. The number of fused-ring (bicyclic) bond motifs is 3. The van der Waals surface area contributed by atoms with Crippen molar-refractivity contribution in [2.45, 2.75) is 18.6 Å². The van der Waals surface area contributed by atoms with E-state index in [0.717, 1.165) is 11.3 Å². The van der Waals surface area contributed by atoms with Gasteiger partial charge in [0.05, 0.1) is 25.1 Å². The first-order chi connectivity index (χ1) is 11.2. The van der Waals surface area contributed by atoms with E-state index in [2.05, 4.69) is 20.4 Å². The predicted octanol–water partition coefficient (Wildman–Crippen LogP) is 1.66. The summed E-state index contributed by atoms with van der Waals surface area (Å²) in [6, 6.07) is 5.01. The first kappa shape index (κ1) is 14.2. The van der Waals surface area contributed by atoms with Crippen LogP contribution in [0.15, 0.2) is 24.4 Å². The smallest absolute Gasteiger partial charge is 0.173 e. The van der Waals surface area contributed by atoms with Gasteiger partial charge in [0.15, 0.2) is 17.4 Å². The summed E-state index contributed by atoms with van der Waals surface area (Å²) in [5.74, 6) is 0.418. The molecule has 2 atom stereocenters. The lowest BCUT2D eigenvalue weighted by Gasteiger charge is -2.34. The number of nitrogens with zero attached hydrogens (tertiary/aromatic N) is 3. The maximum absolute atomic E-state index is 14.1. The monoisotopic (exact) mass is 316 g/mol. The van der Waals surface area contributed by atoms with Crippen LogP contribution < -0.4 is 15.0 Å². The molecule has 0 amide bonds. The molecule has 6 nitrogen and oxygen atoms in total. The summed E-state index contributed by atoms with van der Waals surface area (Å²) in [5, 5.41) is 21.4. The number of benzene rings is 1. The molecule has 0 bridgehead atoms. The van der Waals surface area contributed by atoms with Crippen molar-refractivity contribution in [3.8, 4) is 16.9 Å². The molecule has 0 saturated carbocycles. The van der Waals surface area contributed by atoms with Gasteiger partial charge in [-0.05, 0) is 12.5 Å². The van der Waals surface area contributed by atoms with Crippen LogP contribution in [0.4, 0.5) is 15.9 Å². The maximum Gasteiger partial charge on any atom is 0.173 e. The van der Waals surface area contributed by atoms with Crippen LogP contribution in [-0.2, 0) is 0 Å². The van der Waals surface area contributed by atoms with Gasteiger partial charge in [0.2, 0.25) is 0 Å². The number of aliphatic hydroxyl groups excluding tert-OH is 1. The standard InChI is InChI=1S/C16H17FN4O2/c1-23-15-11(3-2-4-13(15)17)12-7-19-20-16-14(12)21-8-10(22)5-9(21)6-18-16/h2-4,7,9-10,22H,5-6,8H2,1H3,(H,18,20).